The summed E-state index contributed by atoms with van der Waals surface area (Å²) in [5, 5.41) is 3.39. The lowest BCUT2D eigenvalue weighted by molar-refractivity contribution is 0.592. The summed E-state index contributed by atoms with van der Waals surface area (Å²) in [6.07, 6.45) is 3.79. The number of hydrogen-bond donors (Lipinski definition) is 1. The van der Waals surface area contributed by atoms with Crippen LogP contribution in [0.15, 0.2) is 0 Å². The highest BCUT2D eigenvalue weighted by Gasteiger charge is 2.31. The molecule has 1 fully saturated rings. The zero-order chi connectivity index (χ0) is 10.4. The second-order valence-electron chi connectivity index (χ2n) is 4.73. The topological polar surface area (TPSA) is 33.1 Å². The highest BCUT2D eigenvalue weighted by molar-refractivity contribution is 5.38. The Morgan fingerprint density at radius 3 is 2.87 bits per heavy atom. The number of anilines is 1. The van der Waals surface area contributed by atoms with Crippen LogP contribution in [0.25, 0.3) is 0 Å². The molecular weight excluding hydrogens is 188 g/mol. The minimum Gasteiger partial charge on any atom is -0.348 e. The van der Waals surface area contributed by atoms with E-state index in [1.807, 2.05) is 0 Å². The molecule has 0 radical (unpaired) electrons. The first-order valence-electron chi connectivity index (χ1n) is 5.75. The van der Waals surface area contributed by atoms with Gasteiger partial charge in [0, 0.05) is 45.3 Å². The monoisotopic (exact) mass is 206 g/mol. The van der Waals surface area contributed by atoms with Crippen molar-refractivity contribution in [3.8, 4) is 0 Å². The van der Waals surface area contributed by atoms with E-state index < -0.39 is 0 Å². The van der Waals surface area contributed by atoms with E-state index in [1.54, 1.807) is 0 Å². The first kappa shape index (κ1) is 9.21. The Morgan fingerprint density at radius 2 is 2.20 bits per heavy atom. The van der Waals surface area contributed by atoms with Gasteiger partial charge in [-0.1, -0.05) is 0 Å². The van der Waals surface area contributed by atoms with E-state index in [4.69, 9.17) is 4.98 Å². The molecule has 1 aromatic rings. The van der Waals surface area contributed by atoms with Gasteiger partial charge in [-0.3, -0.25) is 0 Å². The summed E-state index contributed by atoms with van der Waals surface area (Å²) in [6.45, 7) is 2.04. The third-order valence-electron chi connectivity index (χ3n) is 3.22. The smallest absolute Gasteiger partial charge is 0.205 e. The third kappa shape index (κ3) is 1.44. The fraction of sp³-hybridized carbons (Fsp3) is 0.727. The summed E-state index contributed by atoms with van der Waals surface area (Å²) in [5.41, 5.74) is 2.73. The number of nitrogens with zero attached hydrogens (tertiary/aromatic N) is 3. The second-order valence-corrected chi connectivity index (χ2v) is 4.73. The molecule has 0 amide bonds. The number of nitrogens with one attached hydrogen (secondary N) is 1. The molecule has 1 saturated carbocycles. The van der Waals surface area contributed by atoms with Crippen LogP contribution in [0.3, 0.4) is 0 Å². The van der Waals surface area contributed by atoms with Crippen LogP contribution >= 0.6 is 0 Å². The SMILES string of the molecule is CN(C)c1nc2c(n1C1CC1)CCNC2. The summed E-state index contributed by atoms with van der Waals surface area (Å²) in [7, 11) is 4.17. The maximum atomic E-state index is 4.74. The first-order valence-corrected chi connectivity index (χ1v) is 5.75. The largest absolute Gasteiger partial charge is 0.348 e. The van der Waals surface area contributed by atoms with Crippen LogP contribution in [0.5, 0.6) is 0 Å². The van der Waals surface area contributed by atoms with E-state index in [0.29, 0.717) is 0 Å². The molecule has 1 aliphatic carbocycles. The van der Waals surface area contributed by atoms with Crippen LogP contribution < -0.4 is 10.2 Å². The van der Waals surface area contributed by atoms with Crippen molar-refractivity contribution in [1.29, 1.82) is 0 Å². The summed E-state index contributed by atoms with van der Waals surface area (Å²) >= 11 is 0. The van der Waals surface area contributed by atoms with E-state index in [-0.39, 0.29) is 0 Å². The van der Waals surface area contributed by atoms with Gasteiger partial charge in [-0.15, -0.1) is 0 Å². The number of rotatable bonds is 2. The lowest BCUT2D eigenvalue weighted by Gasteiger charge is -2.17. The minimum absolute atomic E-state index is 0.733. The molecule has 0 aromatic carbocycles. The second kappa shape index (κ2) is 3.23. The van der Waals surface area contributed by atoms with Crippen molar-refractivity contribution in [2.75, 3.05) is 25.5 Å². The van der Waals surface area contributed by atoms with E-state index >= 15 is 0 Å². The third-order valence-corrected chi connectivity index (χ3v) is 3.22. The number of fused-ring (bicyclic) bond motifs is 1. The average molecular weight is 206 g/mol. The summed E-state index contributed by atoms with van der Waals surface area (Å²) in [6, 6.07) is 0.733. The predicted molar refractivity (Wildman–Crippen MR) is 60.2 cm³/mol. The van der Waals surface area contributed by atoms with E-state index in [0.717, 1.165) is 31.5 Å². The average Bonchev–Trinajstić information content (AvgIpc) is 2.98. The molecule has 2 aliphatic rings. The molecule has 1 aliphatic heterocycles. The molecule has 4 nitrogen and oxygen atoms in total. The van der Waals surface area contributed by atoms with E-state index in [1.165, 1.54) is 24.2 Å². The van der Waals surface area contributed by atoms with Gasteiger partial charge in [0.15, 0.2) is 0 Å². The summed E-state index contributed by atoms with van der Waals surface area (Å²) in [5.74, 6) is 1.14. The Balaban J connectivity index is 2.09. The van der Waals surface area contributed by atoms with Gasteiger partial charge in [0.2, 0.25) is 5.95 Å². The highest BCUT2D eigenvalue weighted by Crippen LogP contribution is 2.40. The maximum absolute atomic E-state index is 4.74. The number of aromatic nitrogens is 2. The van der Waals surface area contributed by atoms with Gasteiger partial charge in [0.25, 0.3) is 0 Å². The fourth-order valence-electron chi connectivity index (χ4n) is 2.35. The Labute approximate surface area is 90.3 Å². The normalized spacial score (nSPS) is 20.1. The van der Waals surface area contributed by atoms with Gasteiger partial charge < -0.3 is 14.8 Å². The molecule has 1 N–H and O–H groups in total. The first-order chi connectivity index (χ1) is 7.27. The Morgan fingerprint density at radius 1 is 1.40 bits per heavy atom. The van der Waals surface area contributed by atoms with Crippen molar-refractivity contribution in [1.82, 2.24) is 14.9 Å². The fourth-order valence-corrected chi connectivity index (χ4v) is 2.35. The van der Waals surface area contributed by atoms with Crippen molar-refractivity contribution in [2.45, 2.75) is 31.8 Å². The molecule has 0 unspecified atom stereocenters. The summed E-state index contributed by atoms with van der Waals surface area (Å²) < 4.78 is 2.47. The number of hydrogen-bond acceptors (Lipinski definition) is 3. The van der Waals surface area contributed by atoms with Crippen LogP contribution in [0, 0.1) is 0 Å². The molecule has 1 aromatic heterocycles. The molecule has 0 atom stereocenters. The minimum atomic E-state index is 0.733. The quantitative estimate of drug-likeness (QED) is 0.781. The molecule has 0 spiro atoms. The zero-order valence-electron chi connectivity index (χ0n) is 9.45. The molecule has 0 saturated heterocycles. The van der Waals surface area contributed by atoms with Crippen molar-refractivity contribution in [3.63, 3.8) is 0 Å². The summed E-state index contributed by atoms with van der Waals surface area (Å²) in [4.78, 5) is 6.87. The van der Waals surface area contributed by atoms with E-state index in [2.05, 4.69) is 28.9 Å². The van der Waals surface area contributed by atoms with Crippen LogP contribution in [0.4, 0.5) is 5.95 Å². The lowest BCUT2D eigenvalue weighted by atomic mass is 10.2. The van der Waals surface area contributed by atoms with Crippen LogP contribution in [-0.2, 0) is 13.0 Å². The maximum Gasteiger partial charge on any atom is 0.205 e. The lowest BCUT2D eigenvalue weighted by Crippen LogP contribution is -2.25. The van der Waals surface area contributed by atoms with Gasteiger partial charge >= 0.3 is 0 Å². The van der Waals surface area contributed by atoms with E-state index in [9.17, 15) is 0 Å². The van der Waals surface area contributed by atoms with Crippen LogP contribution in [0.1, 0.15) is 30.3 Å². The van der Waals surface area contributed by atoms with Crippen LogP contribution in [-0.4, -0.2) is 30.2 Å². The molecule has 4 heteroatoms. The molecule has 0 bridgehead atoms. The molecule has 3 rings (SSSR count). The standard InChI is InChI=1S/C11H18N4/c1-14(2)11-13-9-7-12-6-5-10(9)15(11)8-3-4-8/h8,12H,3-7H2,1-2H3. The predicted octanol–water partition coefficient (Wildman–Crippen LogP) is 0.930. The van der Waals surface area contributed by atoms with Gasteiger partial charge in [-0.25, -0.2) is 4.98 Å². The molecule has 2 heterocycles. The Hall–Kier alpha value is -1.03. The van der Waals surface area contributed by atoms with Gasteiger partial charge in [-0.2, -0.15) is 0 Å². The Bertz CT molecular complexity index is 376. The van der Waals surface area contributed by atoms with Crippen molar-refractivity contribution in [3.05, 3.63) is 11.4 Å². The Kier molecular flexibility index (Phi) is 1.99. The van der Waals surface area contributed by atoms with Crippen LogP contribution in [0.2, 0.25) is 0 Å². The molecule has 15 heavy (non-hydrogen) atoms. The highest BCUT2D eigenvalue weighted by atomic mass is 15.3. The van der Waals surface area contributed by atoms with Gasteiger partial charge in [-0.05, 0) is 12.8 Å². The van der Waals surface area contributed by atoms with Crippen molar-refractivity contribution < 1.29 is 0 Å². The van der Waals surface area contributed by atoms with Gasteiger partial charge in [0.05, 0.1) is 5.69 Å². The zero-order valence-corrected chi connectivity index (χ0v) is 9.45. The van der Waals surface area contributed by atoms with Crippen molar-refractivity contribution >= 4 is 5.95 Å². The van der Waals surface area contributed by atoms with Gasteiger partial charge in [0.1, 0.15) is 0 Å². The van der Waals surface area contributed by atoms with Crippen molar-refractivity contribution in [2.24, 2.45) is 0 Å². The number of imidazole rings is 1. The molecule has 82 valence electrons. The molecular formula is C11H18N4.